The molecule has 2 aromatic carbocycles. The van der Waals surface area contributed by atoms with Crippen LogP contribution in [0.3, 0.4) is 0 Å². The van der Waals surface area contributed by atoms with Crippen LogP contribution in [0.2, 0.25) is 0 Å². The number of ether oxygens (including phenoxy) is 1. The lowest BCUT2D eigenvalue weighted by Gasteiger charge is -2.32. The number of nitrogens with zero attached hydrogens (tertiary/aromatic N) is 5. The summed E-state index contributed by atoms with van der Waals surface area (Å²) < 4.78 is 22.0. The van der Waals surface area contributed by atoms with Gasteiger partial charge in [-0.15, -0.1) is 11.3 Å². The maximum Gasteiger partial charge on any atom is 0.239 e. The van der Waals surface area contributed by atoms with Crippen molar-refractivity contribution in [2.24, 2.45) is 5.92 Å². The first-order chi connectivity index (χ1) is 22.4. The molecule has 2 fully saturated rings. The number of para-hydroxylation sites is 1. The van der Waals surface area contributed by atoms with Gasteiger partial charge in [-0.2, -0.15) is 0 Å². The molecule has 11 heteroatoms. The molecule has 7 rings (SSSR count). The highest BCUT2D eigenvalue weighted by atomic mass is 32.1. The summed E-state index contributed by atoms with van der Waals surface area (Å²) in [5.74, 6) is -1.71. The molecule has 2 aliphatic rings. The number of fused-ring (bicyclic) bond motifs is 1. The fourth-order valence-electron chi connectivity index (χ4n) is 5.85. The molecule has 1 unspecified atom stereocenters. The molecule has 234 valence electrons. The first kappa shape index (κ1) is 30.0. The summed E-state index contributed by atoms with van der Waals surface area (Å²) in [5.41, 5.74) is 3.76. The second kappa shape index (κ2) is 13.0. The summed E-state index contributed by atoms with van der Waals surface area (Å²) in [6.45, 7) is 5.59. The number of carbonyl (C=O) groups excluding carboxylic acids is 2. The molecule has 9 nitrogen and oxygen atoms in total. The Kier molecular flexibility index (Phi) is 8.44. The molecule has 2 amide bonds. The van der Waals surface area contributed by atoms with E-state index in [2.05, 4.69) is 33.2 Å². The Hall–Kier alpha value is -4.71. The molecular formula is C35H33FN6O3S. The van der Waals surface area contributed by atoms with Gasteiger partial charge in [-0.1, -0.05) is 24.3 Å². The topological polar surface area (TPSA) is 90.9 Å². The number of halogens is 1. The van der Waals surface area contributed by atoms with Crippen molar-refractivity contribution >= 4 is 44.7 Å². The number of thiophene rings is 1. The Morgan fingerprint density at radius 1 is 0.978 bits per heavy atom. The predicted molar refractivity (Wildman–Crippen MR) is 178 cm³/mol. The lowest BCUT2D eigenvalue weighted by atomic mass is 10.1. The number of piperazine rings is 1. The van der Waals surface area contributed by atoms with Crippen molar-refractivity contribution in [1.82, 2.24) is 19.8 Å². The molecule has 1 atom stereocenters. The second-order valence-corrected chi connectivity index (χ2v) is 12.7. The molecule has 0 radical (unpaired) electrons. The Morgan fingerprint density at radius 2 is 1.80 bits per heavy atom. The van der Waals surface area contributed by atoms with Crippen LogP contribution >= 0.6 is 11.3 Å². The highest BCUT2D eigenvalue weighted by Crippen LogP contribution is 2.39. The number of hydrogen-bond acceptors (Lipinski definition) is 8. The number of benzene rings is 2. The van der Waals surface area contributed by atoms with Gasteiger partial charge in [0.1, 0.15) is 11.7 Å². The normalized spacial score (nSPS) is 17.5. The Labute approximate surface area is 270 Å². The molecule has 0 aliphatic carbocycles. The minimum absolute atomic E-state index is 0.0130. The summed E-state index contributed by atoms with van der Waals surface area (Å²) >= 11 is 1.49. The SMILES string of the molecule is CN1CCN(Cc2ccc(-c3cc4nccc(Oc5ccc(NC(=O)C6CCN(c7ccccc7)C6=O)cc5F)c4s3)nc2)CC1. The molecule has 5 aromatic rings. The van der Waals surface area contributed by atoms with Gasteiger partial charge in [-0.05, 0) is 55.4 Å². The van der Waals surface area contributed by atoms with Crippen LogP contribution < -0.4 is 15.0 Å². The van der Waals surface area contributed by atoms with Crippen LogP contribution in [-0.4, -0.2) is 71.4 Å². The summed E-state index contributed by atoms with van der Waals surface area (Å²) in [5, 5.41) is 2.70. The minimum atomic E-state index is -0.833. The van der Waals surface area contributed by atoms with Crippen molar-refractivity contribution in [1.29, 1.82) is 0 Å². The van der Waals surface area contributed by atoms with Crippen LogP contribution in [-0.2, 0) is 16.1 Å². The molecule has 5 heterocycles. The van der Waals surface area contributed by atoms with E-state index in [0.29, 0.717) is 18.7 Å². The molecule has 0 spiro atoms. The summed E-state index contributed by atoms with van der Waals surface area (Å²) in [7, 11) is 2.15. The number of aromatic nitrogens is 2. The minimum Gasteiger partial charge on any atom is -0.453 e. The van der Waals surface area contributed by atoms with Gasteiger partial charge < -0.3 is 19.9 Å². The number of carbonyl (C=O) groups is 2. The lowest BCUT2D eigenvalue weighted by Crippen LogP contribution is -2.43. The number of hydrogen-bond donors (Lipinski definition) is 1. The highest BCUT2D eigenvalue weighted by molar-refractivity contribution is 7.22. The zero-order valence-corrected chi connectivity index (χ0v) is 26.2. The van der Waals surface area contributed by atoms with E-state index < -0.39 is 17.6 Å². The quantitative estimate of drug-likeness (QED) is 0.208. The third kappa shape index (κ3) is 6.34. The van der Waals surface area contributed by atoms with Gasteiger partial charge in [0, 0.05) is 75.2 Å². The highest BCUT2D eigenvalue weighted by Gasteiger charge is 2.37. The molecule has 2 aliphatic heterocycles. The number of nitrogens with one attached hydrogen (secondary N) is 1. The van der Waals surface area contributed by atoms with Gasteiger partial charge in [-0.3, -0.25) is 24.5 Å². The van der Waals surface area contributed by atoms with Crippen LogP contribution in [0.5, 0.6) is 11.5 Å². The molecule has 0 saturated carbocycles. The van der Waals surface area contributed by atoms with Crippen molar-refractivity contribution in [3.05, 3.63) is 96.6 Å². The van der Waals surface area contributed by atoms with E-state index in [1.807, 2.05) is 48.7 Å². The second-order valence-electron chi connectivity index (χ2n) is 11.7. The van der Waals surface area contributed by atoms with Crippen molar-refractivity contribution in [3.63, 3.8) is 0 Å². The van der Waals surface area contributed by atoms with E-state index in [1.54, 1.807) is 23.2 Å². The van der Waals surface area contributed by atoms with Crippen LogP contribution in [0.4, 0.5) is 15.8 Å². The average molecular weight is 637 g/mol. The molecule has 2 saturated heterocycles. The van der Waals surface area contributed by atoms with E-state index in [-0.39, 0.29) is 17.3 Å². The summed E-state index contributed by atoms with van der Waals surface area (Å²) in [4.78, 5) is 42.4. The Balaban J connectivity index is 1.01. The third-order valence-electron chi connectivity index (χ3n) is 8.46. The van der Waals surface area contributed by atoms with E-state index >= 15 is 4.39 Å². The van der Waals surface area contributed by atoms with Gasteiger partial charge >= 0.3 is 0 Å². The van der Waals surface area contributed by atoms with E-state index in [0.717, 1.165) is 59.2 Å². The van der Waals surface area contributed by atoms with Crippen molar-refractivity contribution < 1.29 is 18.7 Å². The molecule has 0 bridgehead atoms. The standard InChI is InChI=1S/C35H33FN6O3S/c1-40-15-17-41(18-16-40)22-23-7-9-28(38-21-23)32-20-29-33(46-32)31(11-13-37-29)45-30-10-8-24(19-27(30)36)39-34(43)26-12-14-42(35(26)44)25-5-3-2-4-6-25/h2-11,13,19-21,26H,12,14-18,22H2,1H3,(H,39,43). The first-order valence-electron chi connectivity index (χ1n) is 15.3. The van der Waals surface area contributed by atoms with E-state index in [1.165, 1.54) is 29.0 Å². The lowest BCUT2D eigenvalue weighted by molar-refractivity contribution is -0.129. The number of rotatable bonds is 8. The largest absolute Gasteiger partial charge is 0.453 e. The van der Waals surface area contributed by atoms with Gasteiger partial charge in [-0.25, -0.2) is 4.39 Å². The maximum atomic E-state index is 15.2. The van der Waals surface area contributed by atoms with Crippen LogP contribution in [0, 0.1) is 11.7 Å². The molecule has 1 N–H and O–H groups in total. The Morgan fingerprint density at radius 3 is 2.57 bits per heavy atom. The van der Waals surface area contributed by atoms with Crippen LogP contribution in [0.1, 0.15) is 12.0 Å². The summed E-state index contributed by atoms with van der Waals surface area (Å²) in [6.07, 6.45) is 3.95. The average Bonchev–Trinajstić information content (AvgIpc) is 3.69. The van der Waals surface area contributed by atoms with Crippen molar-refractivity contribution in [2.75, 3.05) is 50.0 Å². The van der Waals surface area contributed by atoms with Crippen LogP contribution in [0.25, 0.3) is 20.8 Å². The Bertz CT molecular complexity index is 1880. The van der Waals surface area contributed by atoms with Gasteiger partial charge in [0.2, 0.25) is 11.8 Å². The zero-order chi connectivity index (χ0) is 31.6. The predicted octanol–water partition coefficient (Wildman–Crippen LogP) is 6.03. The van der Waals surface area contributed by atoms with Crippen molar-refractivity contribution in [2.45, 2.75) is 13.0 Å². The zero-order valence-electron chi connectivity index (χ0n) is 25.4. The first-order valence-corrected chi connectivity index (χ1v) is 16.1. The fourth-order valence-corrected chi connectivity index (χ4v) is 6.89. The monoisotopic (exact) mass is 636 g/mol. The number of pyridine rings is 2. The van der Waals surface area contributed by atoms with E-state index in [4.69, 9.17) is 9.72 Å². The number of amides is 2. The van der Waals surface area contributed by atoms with Gasteiger partial charge in [0.25, 0.3) is 0 Å². The summed E-state index contributed by atoms with van der Waals surface area (Å²) in [6, 6.07) is 21.3. The fraction of sp³-hybridized carbons (Fsp3) is 0.257. The van der Waals surface area contributed by atoms with E-state index in [9.17, 15) is 9.59 Å². The van der Waals surface area contributed by atoms with Gasteiger partial charge in [0.05, 0.1) is 20.8 Å². The third-order valence-corrected chi connectivity index (χ3v) is 9.63. The molecule has 3 aromatic heterocycles. The molecule has 46 heavy (non-hydrogen) atoms. The maximum absolute atomic E-state index is 15.2. The number of likely N-dealkylation sites (N-methyl/N-ethyl adjacent to an activating group) is 1. The van der Waals surface area contributed by atoms with Gasteiger partial charge in [0.15, 0.2) is 11.6 Å². The number of anilines is 2. The van der Waals surface area contributed by atoms with Crippen LogP contribution in [0.15, 0.2) is 85.2 Å². The smallest absolute Gasteiger partial charge is 0.239 e. The van der Waals surface area contributed by atoms with Crippen molar-refractivity contribution in [3.8, 4) is 22.1 Å². The molecular weight excluding hydrogens is 603 g/mol.